The zero-order valence-corrected chi connectivity index (χ0v) is 69.2. The van der Waals surface area contributed by atoms with E-state index >= 15 is 0 Å². The van der Waals surface area contributed by atoms with Crippen molar-refractivity contribution in [3.8, 4) is 0 Å². The molecule has 0 amide bonds. The summed E-state index contributed by atoms with van der Waals surface area (Å²) in [6, 6.07) is 0.281. The summed E-state index contributed by atoms with van der Waals surface area (Å²) >= 11 is 0. The van der Waals surface area contributed by atoms with Crippen LogP contribution in [0.5, 0.6) is 0 Å². The molecule has 0 radical (unpaired) electrons. The van der Waals surface area contributed by atoms with Crippen molar-refractivity contribution in [2.24, 2.45) is 0 Å². The Morgan fingerprint density at radius 2 is 0.696 bits per heavy atom. The molecule has 0 saturated carbocycles. The first kappa shape index (κ1) is 98.7. The van der Waals surface area contributed by atoms with Gasteiger partial charge in [0.15, 0.2) is 22.5 Å². The molecular formula is C67H106N16O14Pt5-10. The van der Waals surface area contributed by atoms with Gasteiger partial charge in [-0.1, -0.05) is 264 Å². The molecule has 30 nitrogen and oxygen atoms in total. The molecule has 0 aromatic carbocycles. The van der Waals surface area contributed by atoms with Gasteiger partial charge in [0.2, 0.25) is 0 Å². The van der Waals surface area contributed by atoms with Gasteiger partial charge >= 0.3 is 21.1 Å². The van der Waals surface area contributed by atoms with Gasteiger partial charge < -0.3 is 129 Å². The van der Waals surface area contributed by atoms with Gasteiger partial charge in [-0.15, -0.1) is 84.4 Å². The summed E-state index contributed by atoms with van der Waals surface area (Å²) in [7, 11) is 0. The largest absolute Gasteiger partial charge is 4.00 e. The molecule has 2 aromatic rings. The fourth-order valence-corrected chi connectivity index (χ4v) is 12.8. The maximum atomic E-state index is 12.0. The summed E-state index contributed by atoms with van der Waals surface area (Å²) in [6.45, 7) is 8.31. The van der Waals surface area contributed by atoms with E-state index in [0.29, 0.717) is 31.0 Å². The quantitative estimate of drug-likeness (QED) is 0.115. The maximum absolute atomic E-state index is 12.0. The van der Waals surface area contributed by atoms with Crippen molar-refractivity contribution < 1.29 is 156 Å². The zero-order valence-electron chi connectivity index (χ0n) is 57.8. The van der Waals surface area contributed by atoms with Crippen molar-refractivity contribution in [1.29, 1.82) is 0 Å². The number of carbonyl (C=O) groups is 2. The van der Waals surface area contributed by atoms with Gasteiger partial charge in [0.1, 0.15) is 23.1 Å². The molecule has 0 spiro atoms. The normalized spacial score (nSPS) is 27.8. The number of hydrogen-bond donors (Lipinski definition) is 10. The number of aromatic nitrogens is 4. The minimum atomic E-state index is -1.69. The smallest absolute Gasteiger partial charge is 0.678 e. The molecular weight excluding hydrogens is 2230 g/mol. The van der Waals surface area contributed by atoms with E-state index in [1.165, 1.54) is 24.5 Å². The fraction of sp³-hybridized carbons (Fsp3) is 0.791. The second-order valence-corrected chi connectivity index (χ2v) is 25.8. The van der Waals surface area contributed by atoms with E-state index in [0.717, 1.165) is 232 Å². The monoisotopic (exact) mass is 2330 g/mol. The Labute approximate surface area is 671 Å². The molecule has 102 heavy (non-hydrogen) atoms. The van der Waals surface area contributed by atoms with Gasteiger partial charge in [-0.25, -0.2) is 0 Å². The van der Waals surface area contributed by atoms with Crippen LogP contribution in [0.15, 0.2) is 67.6 Å². The molecule has 11 unspecified atom stereocenters. The number of H-pyrrole nitrogens is 2. The van der Waals surface area contributed by atoms with E-state index in [4.69, 9.17) is 10.2 Å². The van der Waals surface area contributed by atoms with Crippen molar-refractivity contribution in [2.45, 2.75) is 264 Å². The number of aliphatic hydroxyl groups excluding tert-OH is 2. The number of ketones is 2. The summed E-state index contributed by atoms with van der Waals surface area (Å²) in [5.41, 5.74) is -1.42. The number of Topliss-reactive ketones (excluding diaryl/α,β-unsaturated/α-hetero) is 2. The number of hydrogen-bond acceptors (Lipinski definition) is 14. The second kappa shape index (κ2) is 55.1. The van der Waals surface area contributed by atoms with Crippen LogP contribution in [0.3, 0.4) is 0 Å². The van der Waals surface area contributed by atoms with Crippen LogP contribution in [0.1, 0.15) is 180 Å². The van der Waals surface area contributed by atoms with Crippen molar-refractivity contribution in [3.63, 3.8) is 0 Å². The molecule has 2 aromatic heterocycles. The van der Waals surface area contributed by atoms with E-state index in [1.807, 2.05) is 22.1 Å². The Kier molecular flexibility index (Phi) is 53.3. The van der Waals surface area contributed by atoms with Gasteiger partial charge in [0, 0.05) is 84.3 Å². The Morgan fingerprint density at radius 3 is 0.912 bits per heavy atom. The average molecular weight is 2340 g/mol. The van der Waals surface area contributed by atoms with Gasteiger partial charge in [-0.2, -0.15) is 0 Å². The molecule has 13 rings (SSSR count). The third-order valence-electron chi connectivity index (χ3n) is 18.3. The minimum absolute atomic E-state index is 0. The van der Waals surface area contributed by atoms with Crippen LogP contribution in [0.4, 0.5) is 0 Å². The van der Waals surface area contributed by atoms with Crippen LogP contribution in [-0.4, -0.2) is 219 Å². The SMILES string of the molecule is O=C(C1=CC=CC[N-]1)C1CCCC[N-]1.O=C(C1CCCC[N-]1)C1CCCC[N-]1.O=c1cc[n-]c(=O)[nH]1.O=c1cc[n-]c(=O)[nH]1.OC(O)(C1CCCC[N-]1)C1CCCC[N-]1.OC(O)(C1CCCC[N-]1)C1CCCC[N-]1.OC(O)(C1CCCC[N-]1)C1CCCC[N-]1.OC1CC[N-]C(O)[N-]1.[Pt+4].[Pt].[Pt].[Pt].[Pt]. The van der Waals surface area contributed by atoms with E-state index < -0.39 is 52.4 Å². The number of nitrogens with zero attached hydrogens (tertiary/aromatic N) is 14. The van der Waals surface area contributed by atoms with E-state index in [-0.39, 0.29) is 165 Å². The van der Waals surface area contributed by atoms with Gasteiger partial charge in [0.05, 0.1) is 5.78 Å². The molecule has 10 saturated heterocycles. The molecule has 11 aliphatic rings. The first-order valence-corrected chi connectivity index (χ1v) is 35.4. The van der Waals surface area contributed by atoms with Crippen molar-refractivity contribution in [2.75, 3.05) is 72.0 Å². The van der Waals surface area contributed by atoms with Crippen molar-refractivity contribution >= 4 is 11.6 Å². The Bertz CT molecular complexity index is 2510. The second-order valence-electron chi connectivity index (χ2n) is 25.8. The number of piperidine rings is 9. The van der Waals surface area contributed by atoms with Gasteiger partial charge in [-0.3, -0.25) is 24.0 Å². The number of aliphatic hydroxyl groups is 8. The summed E-state index contributed by atoms with van der Waals surface area (Å²) < 4.78 is 0. The zero-order chi connectivity index (χ0) is 69.7. The number of nitrogens with one attached hydrogen (secondary N) is 2. The third kappa shape index (κ3) is 36.5. The van der Waals surface area contributed by atoms with Crippen LogP contribution < -0.4 is 32.5 Å². The topological polar surface area (TPSA) is 493 Å². The predicted octanol–water partition coefficient (Wildman–Crippen LogP) is 6.38. The third-order valence-corrected chi connectivity index (χ3v) is 18.3. The summed E-state index contributed by atoms with van der Waals surface area (Å²) in [5.74, 6) is -4.68. The summed E-state index contributed by atoms with van der Waals surface area (Å²) in [6.07, 6.45) is 34.0. The average Bonchev–Trinajstić information content (AvgIpc) is 0.840. The summed E-state index contributed by atoms with van der Waals surface area (Å²) in [5, 5.41) is 128. The standard InChI is InChI=1S/3C11H20N2O2.C11H18N2O.C11H14N2O.C4H8N2O2.2C4H4N2O2.5Pt/c3*14-11(15,9-5-1-3-7-12-9)10-6-2-4-8-13-10;2*14-11(9-5-1-3-7-12-9)10-6-2-4-8-13-10;3*7-3-1-2-5-4(8)6-3;;;;;/h3*9-10,14-15H,1-8H2;9-10H,1-8H2;1,3,5,10H,2,4,6-8H2;3-4,7-8H,1-2H2;2*1-2H,(H2,5,6,7,8);;;;;/q6*-2;;;;;;;+4/p-2. The van der Waals surface area contributed by atoms with E-state index in [9.17, 15) is 59.4 Å². The molecule has 11 aliphatic heterocycles. The molecule has 0 aliphatic carbocycles. The van der Waals surface area contributed by atoms with Crippen LogP contribution in [0.25, 0.3) is 63.8 Å². The van der Waals surface area contributed by atoms with Gasteiger partial charge in [-0.05, 0) is 18.4 Å². The molecule has 10 N–H and O–H groups in total. The Balaban J connectivity index is 0.000000585. The Hall–Kier alpha value is -1.34. The predicted molar refractivity (Wildman–Crippen MR) is 371 cm³/mol. The molecule has 0 bridgehead atoms. The maximum Gasteiger partial charge on any atom is 4.00 e. The molecule has 35 heteroatoms. The van der Waals surface area contributed by atoms with Gasteiger partial charge in [0.25, 0.3) is 0 Å². The first-order chi connectivity index (χ1) is 46.7. The van der Waals surface area contributed by atoms with Crippen molar-refractivity contribution in [1.82, 2.24) is 19.9 Å². The number of carbonyl (C=O) groups excluding carboxylic acids is 2. The summed E-state index contributed by atoms with van der Waals surface area (Å²) in [4.78, 5) is 74.8. The first-order valence-electron chi connectivity index (χ1n) is 35.4. The van der Waals surface area contributed by atoms with Crippen LogP contribution in [0.2, 0.25) is 0 Å². The van der Waals surface area contributed by atoms with Crippen molar-refractivity contribution in [3.05, 3.63) is 154 Å². The fourth-order valence-electron chi connectivity index (χ4n) is 12.8. The van der Waals surface area contributed by atoms with Crippen LogP contribution >= 0.6 is 0 Å². The van der Waals surface area contributed by atoms with Crippen LogP contribution in [0, 0.1) is 0 Å². The van der Waals surface area contributed by atoms with E-state index in [1.54, 1.807) is 6.08 Å². The van der Waals surface area contributed by atoms with Crippen LogP contribution in [-0.2, 0) is 115 Å². The molecule has 11 atom stereocenters. The number of aromatic amines is 2. The molecule has 10 fully saturated rings. The minimum Gasteiger partial charge on any atom is -0.678 e. The number of allylic oxidation sites excluding steroid dienone is 2. The molecule has 13 heterocycles. The molecule has 598 valence electrons. The van der Waals surface area contributed by atoms with E-state index in [2.05, 4.69) is 73.8 Å². The Morgan fingerprint density at radius 1 is 0.392 bits per heavy atom. The number of rotatable bonds is 10.